The highest BCUT2D eigenvalue weighted by Crippen LogP contribution is 2.15. The number of nitrogens with one attached hydrogen (secondary N) is 1. The van der Waals surface area contributed by atoms with Gasteiger partial charge in [0.1, 0.15) is 12.4 Å². The third-order valence-corrected chi connectivity index (χ3v) is 4.83. The topological polar surface area (TPSA) is 54.5 Å². The number of pyridine rings is 1. The minimum atomic E-state index is -0.0835. The van der Waals surface area contributed by atoms with E-state index >= 15 is 0 Å². The van der Waals surface area contributed by atoms with E-state index in [1.165, 1.54) is 11.3 Å². The number of carbonyl (C=O) groups is 1. The lowest BCUT2D eigenvalue weighted by molar-refractivity contribution is -0.116. The number of hydrogen-bond donors (Lipinski definition) is 1. The number of anilines is 1. The van der Waals surface area contributed by atoms with Gasteiger partial charge >= 0.3 is 0 Å². The predicted molar refractivity (Wildman–Crippen MR) is 126 cm³/mol. The Labute approximate surface area is 184 Å². The first kappa shape index (κ1) is 22.1. The van der Waals surface area contributed by atoms with E-state index in [9.17, 15) is 4.79 Å². The monoisotopic (exact) mass is 415 g/mol. The van der Waals surface area contributed by atoms with Crippen molar-refractivity contribution in [1.82, 2.24) is 10.3 Å². The van der Waals surface area contributed by atoms with Crippen molar-refractivity contribution in [2.24, 2.45) is 0 Å². The summed E-state index contributed by atoms with van der Waals surface area (Å²) < 4.78 is 5.75. The minimum absolute atomic E-state index is 0.0835. The summed E-state index contributed by atoms with van der Waals surface area (Å²) in [5.74, 6) is 0.698. The molecule has 3 rings (SSSR count). The Morgan fingerprint density at radius 1 is 1.03 bits per heavy atom. The van der Waals surface area contributed by atoms with Crippen molar-refractivity contribution in [2.75, 3.05) is 25.5 Å². The van der Waals surface area contributed by atoms with E-state index < -0.39 is 0 Å². The molecule has 0 aliphatic rings. The Morgan fingerprint density at radius 3 is 2.48 bits per heavy atom. The molecule has 5 nitrogen and oxygen atoms in total. The fourth-order valence-corrected chi connectivity index (χ4v) is 3.02. The molecule has 0 aliphatic heterocycles. The third kappa shape index (κ3) is 7.63. The second-order valence-electron chi connectivity index (χ2n) is 7.51. The summed E-state index contributed by atoms with van der Waals surface area (Å²) in [5.41, 5.74) is 4.44. The van der Waals surface area contributed by atoms with Crippen LogP contribution in [0.3, 0.4) is 0 Å². The Kier molecular flexibility index (Phi) is 8.23. The molecule has 0 saturated carbocycles. The highest BCUT2D eigenvalue weighted by atomic mass is 16.5. The molecule has 160 valence electrons. The van der Waals surface area contributed by atoms with Crippen LogP contribution in [0.2, 0.25) is 0 Å². The van der Waals surface area contributed by atoms with Crippen LogP contribution in [0.4, 0.5) is 5.69 Å². The lowest BCUT2D eigenvalue weighted by atomic mass is 10.1. The van der Waals surface area contributed by atoms with E-state index in [1.54, 1.807) is 24.5 Å². The Bertz CT molecular complexity index is 966. The molecule has 0 unspecified atom stereocenters. The molecule has 5 heteroatoms. The smallest absolute Gasteiger partial charge is 0.243 e. The van der Waals surface area contributed by atoms with Crippen molar-refractivity contribution in [1.29, 1.82) is 0 Å². The normalized spacial score (nSPS) is 10.8. The summed E-state index contributed by atoms with van der Waals surface area (Å²) in [4.78, 5) is 18.2. The molecule has 1 heterocycles. The van der Waals surface area contributed by atoms with E-state index in [-0.39, 0.29) is 5.91 Å². The Balaban J connectivity index is 1.36. The first-order chi connectivity index (χ1) is 15.1. The molecule has 3 aromatic rings. The van der Waals surface area contributed by atoms with E-state index in [1.807, 2.05) is 50.5 Å². The van der Waals surface area contributed by atoms with Gasteiger partial charge in [-0.15, -0.1) is 0 Å². The maximum atomic E-state index is 12.0. The van der Waals surface area contributed by atoms with Crippen molar-refractivity contribution >= 4 is 17.7 Å². The zero-order valence-corrected chi connectivity index (χ0v) is 18.1. The Morgan fingerprint density at radius 2 is 1.81 bits per heavy atom. The van der Waals surface area contributed by atoms with Crippen molar-refractivity contribution in [2.45, 2.75) is 19.4 Å². The number of amides is 1. The molecule has 2 aromatic carbocycles. The zero-order chi connectivity index (χ0) is 21.9. The number of ether oxygens (including phenoxy) is 1. The van der Waals surface area contributed by atoms with Gasteiger partial charge in [-0.1, -0.05) is 30.3 Å². The first-order valence-corrected chi connectivity index (χ1v) is 10.4. The molecular weight excluding hydrogens is 386 g/mol. The van der Waals surface area contributed by atoms with Crippen molar-refractivity contribution < 1.29 is 9.53 Å². The summed E-state index contributed by atoms with van der Waals surface area (Å²) in [5, 5.41) is 2.94. The summed E-state index contributed by atoms with van der Waals surface area (Å²) >= 11 is 0. The third-order valence-electron chi connectivity index (χ3n) is 4.83. The number of aromatic nitrogens is 1. The van der Waals surface area contributed by atoms with Gasteiger partial charge in [0, 0.05) is 50.4 Å². The van der Waals surface area contributed by atoms with Gasteiger partial charge in [0.15, 0.2) is 0 Å². The molecule has 0 radical (unpaired) electrons. The molecule has 0 fully saturated rings. The molecule has 0 saturated heterocycles. The number of nitrogens with zero attached hydrogens (tertiary/aromatic N) is 2. The minimum Gasteiger partial charge on any atom is -0.489 e. The molecule has 31 heavy (non-hydrogen) atoms. The van der Waals surface area contributed by atoms with Crippen LogP contribution in [0.15, 0.2) is 79.1 Å². The standard InChI is InChI=1S/C26H29N3O2/c1-29(2)24-12-7-21(8-13-24)5-4-18-28-26(30)16-11-22-9-14-25(15-10-22)31-20-23-6-3-17-27-19-23/h3,6-17,19H,4-5,18,20H2,1-2H3,(H,28,30)/b16-11+. The van der Waals surface area contributed by atoms with Gasteiger partial charge in [-0.25, -0.2) is 0 Å². The van der Waals surface area contributed by atoms with Gasteiger partial charge in [-0.05, 0) is 60.4 Å². The van der Waals surface area contributed by atoms with Gasteiger partial charge in [0.25, 0.3) is 0 Å². The number of hydrogen-bond acceptors (Lipinski definition) is 4. The van der Waals surface area contributed by atoms with Crippen LogP contribution in [0.1, 0.15) is 23.1 Å². The van der Waals surface area contributed by atoms with Crippen molar-refractivity contribution in [3.05, 3.63) is 95.8 Å². The van der Waals surface area contributed by atoms with Gasteiger partial charge in [0.2, 0.25) is 5.91 Å². The zero-order valence-electron chi connectivity index (χ0n) is 18.1. The van der Waals surface area contributed by atoms with Crippen LogP contribution in [0, 0.1) is 0 Å². The average Bonchev–Trinajstić information content (AvgIpc) is 2.81. The van der Waals surface area contributed by atoms with Gasteiger partial charge < -0.3 is 15.0 Å². The van der Waals surface area contributed by atoms with E-state index in [0.29, 0.717) is 13.2 Å². The molecule has 0 aliphatic carbocycles. The summed E-state index contributed by atoms with van der Waals surface area (Å²) in [6.07, 6.45) is 8.75. The maximum Gasteiger partial charge on any atom is 0.243 e. The lowest BCUT2D eigenvalue weighted by Gasteiger charge is -2.12. The highest BCUT2D eigenvalue weighted by molar-refractivity contribution is 5.91. The molecule has 0 atom stereocenters. The van der Waals surface area contributed by atoms with E-state index in [4.69, 9.17) is 4.74 Å². The van der Waals surface area contributed by atoms with Crippen LogP contribution in [0.5, 0.6) is 5.75 Å². The Hall–Kier alpha value is -3.60. The number of aryl methyl sites for hydroxylation is 1. The molecule has 1 amide bonds. The summed E-state index contributed by atoms with van der Waals surface area (Å²) in [6, 6.07) is 20.0. The van der Waals surface area contributed by atoms with E-state index in [2.05, 4.69) is 39.5 Å². The SMILES string of the molecule is CN(C)c1ccc(CCCNC(=O)/C=C/c2ccc(OCc3cccnc3)cc2)cc1. The van der Waals surface area contributed by atoms with Gasteiger partial charge in [-0.2, -0.15) is 0 Å². The largest absolute Gasteiger partial charge is 0.489 e. The van der Waals surface area contributed by atoms with Crippen LogP contribution < -0.4 is 15.0 Å². The number of rotatable bonds is 10. The molecule has 0 spiro atoms. The predicted octanol–water partition coefficient (Wildman–Crippen LogP) is 4.49. The van der Waals surface area contributed by atoms with E-state index in [0.717, 1.165) is 29.7 Å². The highest BCUT2D eigenvalue weighted by Gasteiger charge is 2.00. The molecule has 0 bridgehead atoms. The summed E-state index contributed by atoms with van der Waals surface area (Å²) in [6.45, 7) is 1.13. The number of benzene rings is 2. The summed E-state index contributed by atoms with van der Waals surface area (Å²) in [7, 11) is 4.06. The average molecular weight is 416 g/mol. The first-order valence-electron chi connectivity index (χ1n) is 10.4. The van der Waals surface area contributed by atoms with Crippen molar-refractivity contribution in [3.8, 4) is 5.75 Å². The number of carbonyl (C=O) groups excluding carboxylic acids is 1. The van der Waals surface area contributed by atoms with Crippen LogP contribution in [-0.2, 0) is 17.8 Å². The lowest BCUT2D eigenvalue weighted by Crippen LogP contribution is -2.22. The van der Waals surface area contributed by atoms with Crippen LogP contribution in [0.25, 0.3) is 6.08 Å². The molecule has 1 N–H and O–H groups in total. The maximum absolute atomic E-state index is 12.0. The van der Waals surface area contributed by atoms with Crippen molar-refractivity contribution in [3.63, 3.8) is 0 Å². The van der Waals surface area contributed by atoms with Gasteiger partial charge in [0.05, 0.1) is 0 Å². The fourth-order valence-electron chi connectivity index (χ4n) is 3.02. The second-order valence-corrected chi connectivity index (χ2v) is 7.51. The van der Waals surface area contributed by atoms with Gasteiger partial charge in [-0.3, -0.25) is 9.78 Å². The molecular formula is C26H29N3O2. The fraction of sp³-hybridized carbons (Fsp3) is 0.231. The van der Waals surface area contributed by atoms with Crippen LogP contribution in [-0.4, -0.2) is 31.5 Å². The second kappa shape index (κ2) is 11.6. The van der Waals surface area contributed by atoms with Crippen LogP contribution >= 0.6 is 0 Å². The molecule has 1 aromatic heterocycles. The quantitative estimate of drug-likeness (QED) is 0.392.